The maximum atomic E-state index is 13.4. The summed E-state index contributed by atoms with van der Waals surface area (Å²) in [6, 6.07) is 13.4. The summed E-state index contributed by atoms with van der Waals surface area (Å²) in [5.41, 5.74) is 5.64. The molecule has 39 heavy (non-hydrogen) atoms. The van der Waals surface area contributed by atoms with Gasteiger partial charge in [0.2, 0.25) is 5.51 Å². The van der Waals surface area contributed by atoms with Crippen LogP contribution >= 0.6 is 11.3 Å². The van der Waals surface area contributed by atoms with E-state index >= 15 is 0 Å². The fourth-order valence-corrected chi connectivity index (χ4v) is 5.57. The van der Waals surface area contributed by atoms with Gasteiger partial charge in [-0.3, -0.25) is 4.79 Å². The fraction of sp³-hybridized carbons (Fsp3) is 0.515. The van der Waals surface area contributed by atoms with Crippen LogP contribution in [0.1, 0.15) is 106 Å². The van der Waals surface area contributed by atoms with Gasteiger partial charge in [-0.05, 0) is 24.6 Å². The summed E-state index contributed by atoms with van der Waals surface area (Å²) in [6.07, 6.45) is 15.6. The van der Waals surface area contributed by atoms with E-state index in [4.69, 9.17) is 9.47 Å². The second kappa shape index (κ2) is 17.7. The summed E-state index contributed by atoms with van der Waals surface area (Å²) in [4.78, 5) is 13.4. The van der Waals surface area contributed by atoms with Gasteiger partial charge in [0.25, 0.3) is 5.91 Å². The molecule has 0 fully saturated rings. The Morgan fingerprint density at radius 3 is 2.18 bits per heavy atom. The van der Waals surface area contributed by atoms with E-state index in [9.17, 15) is 4.79 Å². The zero-order valence-electron chi connectivity index (χ0n) is 24.2. The lowest BCUT2D eigenvalue weighted by molar-refractivity contribution is -0.689. The Balaban J connectivity index is 1.48. The molecule has 0 atom stereocenters. The molecule has 0 aliphatic carbocycles. The van der Waals surface area contributed by atoms with Crippen LogP contribution in [0.15, 0.2) is 53.4 Å². The Labute approximate surface area is 239 Å². The first-order chi connectivity index (χ1) is 19.1. The van der Waals surface area contributed by atoms with Gasteiger partial charge in [-0.25, -0.2) is 0 Å². The van der Waals surface area contributed by atoms with Gasteiger partial charge < -0.3 is 14.8 Å². The number of nitrogens with zero attached hydrogens (tertiary/aromatic N) is 1. The number of benzene rings is 2. The molecule has 0 radical (unpaired) electrons. The molecule has 6 heteroatoms. The van der Waals surface area contributed by atoms with Crippen molar-refractivity contribution in [2.75, 3.05) is 19.0 Å². The molecule has 0 aliphatic heterocycles. The molecule has 1 heterocycles. The van der Waals surface area contributed by atoms with E-state index in [1.807, 2.05) is 30.3 Å². The lowest BCUT2D eigenvalue weighted by atomic mass is 10.1. The maximum Gasteiger partial charge on any atom is 0.259 e. The topological polar surface area (TPSA) is 51.4 Å². The van der Waals surface area contributed by atoms with Gasteiger partial charge >= 0.3 is 0 Å². The number of unbranched alkanes of at least 4 members (excludes halogenated alkanes) is 11. The number of methoxy groups -OCH3 is 1. The number of hydrogen-bond donors (Lipinski definition) is 1. The molecule has 0 unspecified atom stereocenters. The van der Waals surface area contributed by atoms with Crippen molar-refractivity contribution in [3.63, 3.8) is 0 Å². The van der Waals surface area contributed by atoms with Gasteiger partial charge in [-0.2, -0.15) is 4.57 Å². The molecule has 1 amide bonds. The molecule has 0 aliphatic rings. The predicted molar refractivity (Wildman–Crippen MR) is 162 cm³/mol. The van der Waals surface area contributed by atoms with Crippen molar-refractivity contribution in [1.29, 1.82) is 0 Å². The number of amides is 1. The van der Waals surface area contributed by atoms with Gasteiger partial charge in [0.15, 0.2) is 23.7 Å². The first kappa shape index (κ1) is 30.7. The third kappa shape index (κ3) is 10.3. The number of thiazole rings is 1. The molecule has 212 valence electrons. The van der Waals surface area contributed by atoms with Gasteiger partial charge in [0.05, 0.1) is 30.3 Å². The first-order valence-electron chi connectivity index (χ1n) is 14.7. The van der Waals surface area contributed by atoms with Crippen molar-refractivity contribution in [2.45, 2.75) is 97.4 Å². The van der Waals surface area contributed by atoms with E-state index in [1.54, 1.807) is 24.5 Å². The Bertz CT molecular complexity index is 1130. The van der Waals surface area contributed by atoms with Crippen LogP contribution in [0.3, 0.4) is 0 Å². The van der Waals surface area contributed by atoms with Crippen LogP contribution in [0.5, 0.6) is 11.5 Å². The molecule has 0 saturated carbocycles. The molecular formula is C33H47N2O3S+. The van der Waals surface area contributed by atoms with E-state index in [0.717, 1.165) is 24.1 Å². The number of hydrogen-bond acceptors (Lipinski definition) is 4. The minimum Gasteiger partial charge on any atom is -0.493 e. The molecular weight excluding hydrogens is 504 g/mol. The molecule has 3 aromatic rings. The second-order valence-corrected chi connectivity index (χ2v) is 11.0. The number of nitrogens with one attached hydrogen (secondary N) is 1. The molecule has 5 nitrogen and oxygen atoms in total. The van der Waals surface area contributed by atoms with Crippen LogP contribution in [0, 0.1) is 6.92 Å². The summed E-state index contributed by atoms with van der Waals surface area (Å²) in [7, 11) is 1.61. The van der Waals surface area contributed by atoms with Crippen molar-refractivity contribution in [2.24, 2.45) is 0 Å². The Morgan fingerprint density at radius 1 is 0.872 bits per heavy atom. The number of rotatable bonds is 19. The van der Waals surface area contributed by atoms with Gasteiger partial charge in [-0.15, -0.1) is 0 Å². The van der Waals surface area contributed by atoms with Crippen molar-refractivity contribution < 1.29 is 18.8 Å². The van der Waals surface area contributed by atoms with Crippen molar-refractivity contribution >= 4 is 22.9 Å². The van der Waals surface area contributed by atoms with Crippen LogP contribution in [-0.2, 0) is 6.54 Å². The summed E-state index contributed by atoms with van der Waals surface area (Å²) in [5.74, 6) is 0.901. The summed E-state index contributed by atoms with van der Waals surface area (Å²) < 4.78 is 13.9. The minimum absolute atomic E-state index is 0.196. The Kier molecular flexibility index (Phi) is 13.9. The molecule has 1 N–H and O–H groups in total. The molecule has 0 saturated heterocycles. The highest BCUT2D eigenvalue weighted by Crippen LogP contribution is 2.32. The van der Waals surface area contributed by atoms with Crippen LogP contribution in [0.2, 0.25) is 0 Å². The highest BCUT2D eigenvalue weighted by molar-refractivity contribution is 7.07. The van der Waals surface area contributed by atoms with E-state index in [1.165, 1.54) is 69.9 Å². The fourth-order valence-electron chi connectivity index (χ4n) is 4.79. The molecule has 1 aromatic heterocycles. The molecule has 2 aromatic carbocycles. The molecule has 3 rings (SSSR count). The van der Waals surface area contributed by atoms with Gasteiger partial charge in [0, 0.05) is 12.5 Å². The summed E-state index contributed by atoms with van der Waals surface area (Å²) in [5, 5.41) is 5.24. The monoisotopic (exact) mass is 551 g/mol. The highest BCUT2D eigenvalue weighted by Gasteiger charge is 2.19. The zero-order valence-corrected chi connectivity index (χ0v) is 25.0. The normalized spacial score (nSPS) is 10.9. The first-order valence-corrected chi connectivity index (χ1v) is 15.7. The summed E-state index contributed by atoms with van der Waals surface area (Å²) in [6.45, 7) is 5.63. The molecule has 0 spiro atoms. The van der Waals surface area contributed by atoms with E-state index in [-0.39, 0.29) is 5.91 Å². The smallest absolute Gasteiger partial charge is 0.259 e. The standard InChI is InChI=1S/C33H46N2O3S/c1-4-5-6-7-8-9-10-11-12-13-14-17-23-38-32-29(20-18-22-31(32)37-3)33(36)34-30-21-16-15-19-28(30)24-35-26-39-25-27(35)2/h15-16,18-22,25-26H,4-14,17,23-24H2,1-3H3/p+1. The SMILES string of the molecule is CCCCCCCCCCCCCCOc1c(OC)cccc1C(=O)Nc1ccccc1C[n+]1cscc1C. The van der Waals surface area contributed by atoms with Gasteiger partial charge in [0.1, 0.15) is 0 Å². The van der Waals surface area contributed by atoms with Crippen LogP contribution in [0.25, 0.3) is 0 Å². The zero-order chi connectivity index (χ0) is 27.7. The number of aryl methyl sites for hydroxylation is 1. The number of carbonyl (C=O) groups is 1. The minimum atomic E-state index is -0.196. The lowest BCUT2D eigenvalue weighted by Gasteiger charge is -2.16. The third-order valence-corrected chi connectivity index (χ3v) is 8.03. The number of carbonyl (C=O) groups excluding carboxylic acids is 1. The maximum absolute atomic E-state index is 13.4. The second-order valence-electron chi connectivity index (χ2n) is 10.3. The number of para-hydroxylation sites is 2. The third-order valence-electron chi connectivity index (χ3n) is 7.17. The van der Waals surface area contributed by atoms with E-state index < -0.39 is 0 Å². The van der Waals surface area contributed by atoms with Crippen molar-refractivity contribution in [3.8, 4) is 11.5 Å². The average Bonchev–Trinajstić information content (AvgIpc) is 3.36. The average molecular weight is 552 g/mol. The molecule has 0 bridgehead atoms. The summed E-state index contributed by atoms with van der Waals surface area (Å²) >= 11 is 1.67. The van der Waals surface area contributed by atoms with Crippen LogP contribution in [-0.4, -0.2) is 19.6 Å². The van der Waals surface area contributed by atoms with Crippen molar-refractivity contribution in [3.05, 3.63) is 70.2 Å². The van der Waals surface area contributed by atoms with E-state index in [2.05, 4.69) is 40.7 Å². The Morgan fingerprint density at radius 2 is 1.54 bits per heavy atom. The van der Waals surface area contributed by atoms with E-state index in [0.29, 0.717) is 30.2 Å². The lowest BCUT2D eigenvalue weighted by Crippen LogP contribution is -2.34. The quantitative estimate of drug-likeness (QED) is 0.120. The van der Waals surface area contributed by atoms with Crippen LogP contribution < -0.4 is 19.4 Å². The van der Waals surface area contributed by atoms with Gasteiger partial charge in [-0.1, -0.05) is 113 Å². The number of aromatic nitrogens is 1. The Hall–Kier alpha value is -2.86. The predicted octanol–water partition coefficient (Wildman–Crippen LogP) is 8.73. The van der Waals surface area contributed by atoms with Crippen molar-refractivity contribution in [1.82, 2.24) is 0 Å². The number of anilines is 1. The number of ether oxygens (including phenoxy) is 2. The van der Waals surface area contributed by atoms with Crippen LogP contribution in [0.4, 0.5) is 5.69 Å². The largest absolute Gasteiger partial charge is 0.493 e. The highest BCUT2D eigenvalue weighted by atomic mass is 32.1.